The first kappa shape index (κ1) is 12.5. The number of ether oxygens (including phenoxy) is 1. The number of hydrogen-bond donors (Lipinski definition) is 1. The van der Waals surface area contributed by atoms with Crippen molar-refractivity contribution < 1.29 is 13.5 Å². The number of rotatable bonds is 5. The van der Waals surface area contributed by atoms with Crippen molar-refractivity contribution in [1.29, 1.82) is 0 Å². The second kappa shape index (κ2) is 4.96. The molecule has 0 bridgehead atoms. The molecule has 16 heavy (non-hydrogen) atoms. The molecule has 1 aromatic rings. The molecule has 0 fully saturated rings. The molecule has 0 aliphatic rings. The van der Waals surface area contributed by atoms with Crippen molar-refractivity contribution in [1.82, 2.24) is 5.32 Å². The Morgan fingerprint density at radius 1 is 1.50 bits per heavy atom. The highest BCUT2D eigenvalue weighted by Crippen LogP contribution is 2.21. The smallest absolute Gasteiger partial charge is 0.394 e. The SMILES string of the molecule is C=C(C)NCc1cccc(OC(C)(F)F)c1. The van der Waals surface area contributed by atoms with Gasteiger partial charge in [-0.05, 0) is 24.6 Å². The summed E-state index contributed by atoms with van der Waals surface area (Å²) in [6, 6.07) is 6.59. The molecule has 0 spiro atoms. The molecule has 0 atom stereocenters. The van der Waals surface area contributed by atoms with Gasteiger partial charge in [-0.25, -0.2) is 0 Å². The first-order valence-electron chi connectivity index (χ1n) is 4.92. The summed E-state index contributed by atoms with van der Waals surface area (Å²) in [6.45, 7) is 6.78. The lowest BCUT2D eigenvalue weighted by Gasteiger charge is -2.14. The van der Waals surface area contributed by atoms with E-state index in [4.69, 9.17) is 0 Å². The zero-order chi connectivity index (χ0) is 12.2. The number of alkyl halides is 2. The van der Waals surface area contributed by atoms with Gasteiger partial charge in [-0.3, -0.25) is 0 Å². The molecule has 1 aromatic carbocycles. The third-order valence-corrected chi connectivity index (χ3v) is 1.79. The average Bonchev–Trinajstić information content (AvgIpc) is 2.12. The van der Waals surface area contributed by atoms with Crippen molar-refractivity contribution in [2.75, 3.05) is 0 Å². The van der Waals surface area contributed by atoms with E-state index in [-0.39, 0.29) is 5.75 Å². The fourth-order valence-electron chi connectivity index (χ4n) is 1.18. The van der Waals surface area contributed by atoms with E-state index < -0.39 is 6.11 Å². The lowest BCUT2D eigenvalue weighted by molar-refractivity contribution is -0.158. The monoisotopic (exact) mass is 227 g/mol. The molecule has 0 heterocycles. The molecule has 2 nitrogen and oxygen atoms in total. The molecule has 0 saturated heterocycles. The lowest BCUT2D eigenvalue weighted by Crippen LogP contribution is -2.19. The van der Waals surface area contributed by atoms with E-state index in [0.717, 1.165) is 11.3 Å². The Morgan fingerprint density at radius 2 is 2.19 bits per heavy atom. The van der Waals surface area contributed by atoms with Gasteiger partial charge in [0.05, 0.1) is 0 Å². The van der Waals surface area contributed by atoms with Gasteiger partial charge in [0, 0.05) is 19.2 Å². The van der Waals surface area contributed by atoms with Gasteiger partial charge in [0.25, 0.3) is 0 Å². The van der Waals surface area contributed by atoms with Gasteiger partial charge in [0.15, 0.2) is 0 Å². The molecule has 0 radical (unpaired) electrons. The van der Waals surface area contributed by atoms with Crippen molar-refractivity contribution in [3.63, 3.8) is 0 Å². The lowest BCUT2D eigenvalue weighted by atomic mass is 10.2. The van der Waals surface area contributed by atoms with Gasteiger partial charge in [0.2, 0.25) is 0 Å². The van der Waals surface area contributed by atoms with Crippen molar-refractivity contribution in [2.24, 2.45) is 0 Å². The van der Waals surface area contributed by atoms with Crippen LogP contribution < -0.4 is 10.1 Å². The number of hydrogen-bond acceptors (Lipinski definition) is 2. The number of halogens is 2. The van der Waals surface area contributed by atoms with Crippen LogP contribution in [0.5, 0.6) is 5.75 Å². The summed E-state index contributed by atoms with van der Waals surface area (Å²) in [6.07, 6.45) is -3.15. The quantitative estimate of drug-likeness (QED) is 0.833. The molecule has 0 amide bonds. The van der Waals surface area contributed by atoms with Crippen molar-refractivity contribution in [3.05, 3.63) is 42.1 Å². The normalized spacial score (nSPS) is 11.0. The van der Waals surface area contributed by atoms with E-state index >= 15 is 0 Å². The zero-order valence-corrected chi connectivity index (χ0v) is 9.39. The zero-order valence-electron chi connectivity index (χ0n) is 9.39. The maximum atomic E-state index is 12.6. The topological polar surface area (TPSA) is 21.3 Å². The van der Waals surface area contributed by atoms with Gasteiger partial charge >= 0.3 is 6.11 Å². The molecule has 0 aliphatic heterocycles. The maximum Gasteiger partial charge on any atom is 0.394 e. The Hall–Kier alpha value is -1.58. The Labute approximate surface area is 93.9 Å². The Kier molecular flexibility index (Phi) is 3.88. The maximum absolute atomic E-state index is 12.6. The van der Waals surface area contributed by atoms with Crippen LogP contribution in [0.4, 0.5) is 8.78 Å². The van der Waals surface area contributed by atoms with Gasteiger partial charge in [-0.15, -0.1) is 0 Å². The molecular formula is C12H15F2NO. The van der Waals surface area contributed by atoms with E-state index in [1.807, 2.05) is 13.0 Å². The Balaban J connectivity index is 2.67. The Bertz CT molecular complexity index is 372. The summed E-state index contributed by atoms with van der Waals surface area (Å²) in [7, 11) is 0. The van der Waals surface area contributed by atoms with Gasteiger partial charge in [0.1, 0.15) is 5.75 Å². The predicted octanol–water partition coefficient (Wildman–Crippen LogP) is 3.30. The van der Waals surface area contributed by atoms with Crippen LogP contribution >= 0.6 is 0 Å². The minimum absolute atomic E-state index is 0.161. The fraction of sp³-hybridized carbons (Fsp3) is 0.333. The second-order valence-corrected chi connectivity index (χ2v) is 3.69. The summed E-state index contributed by atoms with van der Waals surface area (Å²) in [4.78, 5) is 0. The third kappa shape index (κ3) is 4.77. The van der Waals surface area contributed by atoms with Gasteiger partial charge in [-0.2, -0.15) is 8.78 Å². The first-order chi connectivity index (χ1) is 7.37. The molecule has 0 unspecified atom stereocenters. The van der Waals surface area contributed by atoms with E-state index in [1.165, 1.54) is 6.07 Å². The van der Waals surface area contributed by atoms with Crippen LogP contribution in [0, 0.1) is 0 Å². The molecule has 1 rings (SSSR count). The van der Waals surface area contributed by atoms with Crippen molar-refractivity contribution >= 4 is 0 Å². The van der Waals surface area contributed by atoms with Crippen molar-refractivity contribution in [2.45, 2.75) is 26.5 Å². The Morgan fingerprint density at radius 3 is 2.75 bits per heavy atom. The molecule has 4 heteroatoms. The summed E-state index contributed by atoms with van der Waals surface area (Å²) >= 11 is 0. The van der Waals surface area contributed by atoms with Crippen LogP contribution in [-0.4, -0.2) is 6.11 Å². The number of nitrogens with one attached hydrogen (secondary N) is 1. The first-order valence-corrected chi connectivity index (χ1v) is 4.92. The third-order valence-electron chi connectivity index (χ3n) is 1.79. The summed E-state index contributed by atoms with van der Waals surface area (Å²) in [5.74, 6) is 0.161. The second-order valence-electron chi connectivity index (χ2n) is 3.69. The molecular weight excluding hydrogens is 212 g/mol. The highest BCUT2D eigenvalue weighted by Gasteiger charge is 2.22. The predicted molar refractivity (Wildman–Crippen MR) is 59.3 cm³/mol. The highest BCUT2D eigenvalue weighted by molar-refractivity contribution is 5.28. The minimum Gasteiger partial charge on any atom is -0.433 e. The largest absolute Gasteiger partial charge is 0.433 e. The van der Waals surface area contributed by atoms with Crippen LogP contribution in [0.25, 0.3) is 0 Å². The standard InChI is InChI=1S/C12H15F2NO/c1-9(2)15-8-10-5-4-6-11(7-10)16-12(3,13)14/h4-7,15H,1,8H2,2-3H3. The van der Waals surface area contributed by atoms with E-state index in [1.54, 1.807) is 12.1 Å². The van der Waals surface area contributed by atoms with Crippen LogP contribution in [0.2, 0.25) is 0 Å². The summed E-state index contributed by atoms with van der Waals surface area (Å²) in [5.41, 5.74) is 1.69. The van der Waals surface area contributed by atoms with E-state index in [0.29, 0.717) is 13.5 Å². The fourth-order valence-corrected chi connectivity index (χ4v) is 1.18. The van der Waals surface area contributed by atoms with Gasteiger partial charge < -0.3 is 10.1 Å². The molecule has 0 aliphatic carbocycles. The summed E-state index contributed by atoms with van der Waals surface area (Å²) < 4.78 is 29.7. The summed E-state index contributed by atoms with van der Waals surface area (Å²) in [5, 5.41) is 3.01. The molecule has 0 aromatic heterocycles. The molecule has 0 saturated carbocycles. The van der Waals surface area contributed by atoms with Gasteiger partial charge in [-0.1, -0.05) is 18.7 Å². The number of allylic oxidation sites excluding steroid dienone is 1. The molecule has 88 valence electrons. The van der Waals surface area contributed by atoms with Crippen molar-refractivity contribution in [3.8, 4) is 5.75 Å². The van der Waals surface area contributed by atoms with E-state index in [2.05, 4.69) is 16.6 Å². The van der Waals surface area contributed by atoms with Crippen LogP contribution in [0.3, 0.4) is 0 Å². The van der Waals surface area contributed by atoms with Crippen LogP contribution in [-0.2, 0) is 6.54 Å². The van der Waals surface area contributed by atoms with Crippen LogP contribution in [0.1, 0.15) is 19.4 Å². The van der Waals surface area contributed by atoms with E-state index in [9.17, 15) is 8.78 Å². The average molecular weight is 227 g/mol. The molecule has 1 N–H and O–H groups in total. The number of benzene rings is 1. The highest BCUT2D eigenvalue weighted by atomic mass is 19.3. The minimum atomic E-state index is -3.15. The van der Waals surface area contributed by atoms with Crippen LogP contribution in [0.15, 0.2) is 36.5 Å².